The van der Waals surface area contributed by atoms with E-state index in [1.165, 1.54) is 23.0 Å². The van der Waals surface area contributed by atoms with Gasteiger partial charge in [0.1, 0.15) is 5.69 Å². The number of aromatic nitrogens is 2. The van der Waals surface area contributed by atoms with Crippen LogP contribution in [0.2, 0.25) is 0 Å². The van der Waals surface area contributed by atoms with Crippen LogP contribution in [-0.4, -0.2) is 22.3 Å². The highest BCUT2D eigenvalue weighted by Gasteiger charge is 2.12. The maximum absolute atomic E-state index is 13.6. The number of nitrogens with zero attached hydrogens (tertiary/aromatic N) is 2. The molecule has 0 radical (unpaired) electrons. The Labute approximate surface area is 108 Å². The van der Waals surface area contributed by atoms with Crippen molar-refractivity contribution in [2.75, 3.05) is 12.3 Å². The molecule has 1 amide bonds. The van der Waals surface area contributed by atoms with E-state index in [4.69, 9.17) is 16.2 Å². The number of ether oxygens (including phenoxy) is 1. The van der Waals surface area contributed by atoms with Gasteiger partial charge in [-0.15, -0.1) is 0 Å². The van der Waals surface area contributed by atoms with Gasteiger partial charge >= 0.3 is 0 Å². The number of halogens is 1. The van der Waals surface area contributed by atoms with Crippen molar-refractivity contribution in [2.45, 2.75) is 6.92 Å². The molecule has 1 heterocycles. The van der Waals surface area contributed by atoms with Crippen LogP contribution in [0.3, 0.4) is 0 Å². The average molecular weight is 264 g/mol. The van der Waals surface area contributed by atoms with Gasteiger partial charge in [0.15, 0.2) is 11.6 Å². The molecule has 0 unspecified atom stereocenters. The quantitative estimate of drug-likeness (QED) is 0.808. The Bertz CT molecular complexity index is 624. The fraction of sp³-hybridized carbons (Fsp3) is 0.167. The van der Waals surface area contributed by atoms with Crippen LogP contribution in [0.4, 0.5) is 10.1 Å². The molecule has 0 saturated carbocycles. The number of hydrogen-bond acceptors (Lipinski definition) is 4. The smallest absolute Gasteiger partial charge is 0.269 e. The van der Waals surface area contributed by atoms with Crippen LogP contribution in [0.15, 0.2) is 24.4 Å². The zero-order valence-electron chi connectivity index (χ0n) is 10.3. The molecule has 0 fully saturated rings. The lowest BCUT2D eigenvalue weighted by Crippen LogP contribution is -2.12. The Morgan fingerprint density at radius 2 is 2.26 bits per heavy atom. The number of amides is 1. The number of hydrogen-bond donors (Lipinski definition) is 2. The molecule has 0 aliphatic heterocycles. The van der Waals surface area contributed by atoms with Crippen molar-refractivity contribution in [3.63, 3.8) is 0 Å². The van der Waals surface area contributed by atoms with Gasteiger partial charge < -0.3 is 16.2 Å². The first kappa shape index (κ1) is 12.9. The van der Waals surface area contributed by atoms with Crippen molar-refractivity contribution in [1.82, 2.24) is 9.78 Å². The summed E-state index contributed by atoms with van der Waals surface area (Å²) >= 11 is 0. The number of nitrogens with two attached hydrogens (primary N) is 2. The Morgan fingerprint density at radius 3 is 2.84 bits per heavy atom. The summed E-state index contributed by atoms with van der Waals surface area (Å²) < 4.78 is 20.0. The molecule has 0 bridgehead atoms. The third-order valence-corrected chi connectivity index (χ3v) is 2.47. The van der Waals surface area contributed by atoms with Crippen molar-refractivity contribution >= 4 is 11.6 Å². The van der Waals surface area contributed by atoms with Crippen LogP contribution in [0.25, 0.3) is 5.69 Å². The molecule has 1 aromatic carbocycles. The van der Waals surface area contributed by atoms with Gasteiger partial charge in [-0.3, -0.25) is 4.79 Å². The van der Waals surface area contributed by atoms with Gasteiger partial charge in [0.2, 0.25) is 0 Å². The summed E-state index contributed by atoms with van der Waals surface area (Å²) in [5.41, 5.74) is 11.5. The highest BCUT2D eigenvalue weighted by atomic mass is 19.1. The van der Waals surface area contributed by atoms with Crippen molar-refractivity contribution in [3.05, 3.63) is 35.9 Å². The summed E-state index contributed by atoms with van der Waals surface area (Å²) in [4.78, 5) is 11.0. The van der Waals surface area contributed by atoms with Gasteiger partial charge in [-0.1, -0.05) is 0 Å². The van der Waals surface area contributed by atoms with E-state index in [2.05, 4.69) is 5.10 Å². The first-order valence-electron chi connectivity index (χ1n) is 5.60. The molecular weight excluding hydrogens is 251 g/mol. The molecule has 100 valence electrons. The van der Waals surface area contributed by atoms with E-state index in [-0.39, 0.29) is 17.1 Å². The zero-order chi connectivity index (χ0) is 14.0. The predicted octanol–water partition coefficient (Wildman–Crippen LogP) is 1.09. The maximum atomic E-state index is 13.6. The van der Waals surface area contributed by atoms with Gasteiger partial charge in [-0.05, 0) is 13.0 Å². The number of benzene rings is 1. The third kappa shape index (κ3) is 2.49. The third-order valence-electron chi connectivity index (χ3n) is 2.47. The lowest BCUT2D eigenvalue weighted by Gasteiger charge is -2.10. The summed E-state index contributed by atoms with van der Waals surface area (Å²) in [7, 11) is 0. The predicted molar refractivity (Wildman–Crippen MR) is 67.6 cm³/mol. The lowest BCUT2D eigenvalue weighted by molar-refractivity contribution is 0.0995. The summed E-state index contributed by atoms with van der Waals surface area (Å²) in [5, 5.41) is 3.96. The number of carbonyl (C=O) groups excluding carboxylic acids is 1. The molecule has 4 N–H and O–H groups in total. The van der Waals surface area contributed by atoms with Gasteiger partial charge in [0.25, 0.3) is 5.91 Å². The molecule has 2 aromatic rings. The van der Waals surface area contributed by atoms with Crippen LogP contribution < -0.4 is 16.2 Å². The van der Waals surface area contributed by atoms with E-state index in [0.717, 1.165) is 6.07 Å². The largest absolute Gasteiger partial charge is 0.491 e. The molecule has 0 saturated heterocycles. The van der Waals surface area contributed by atoms with E-state index in [9.17, 15) is 9.18 Å². The van der Waals surface area contributed by atoms with Crippen molar-refractivity contribution in [1.29, 1.82) is 0 Å². The fourth-order valence-electron chi connectivity index (χ4n) is 1.61. The molecule has 0 spiro atoms. The van der Waals surface area contributed by atoms with Crippen molar-refractivity contribution in [2.24, 2.45) is 5.73 Å². The van der Waals surface area contributed by atoms with Crippen molar-refractivity contribution in [3.8, 4) is 11.4 Å². The minimum atomic E-state index is -0.649. The van der Waals surface area contributed by atoms with Crippen LogP contribution in [0.1, 0.15) is 17.4 Å². The Balaban J connectivity index is 2.48. The summed E-state index contributed by atoms with van der Waals surface area (Å²) in [6, 6.07) is 4.02. The van der Waals surface area contributed by atoms with Crippen LogP contribution in [0, 0.1) is 5.82 Å². The van der Waals surface area contributed by atoms with Crippen LogP contribution >= 0.6 is 0 Å². The summed E-state index contributed by atoms with van der Waals surface area (Å²) in [6.07, 6.45) is 1.51. The van der Waals surface area contributed by atoms with Crippen LogP contribution in [-0.2, 0) is 0 Å². The Morgan fingerprint density at radius 1 is 1.53 bits per heavy atom. The topological polar surface area (TPSA) is 96.2 Å². The SMILES string of the molecule is CCOc1cc(-n2ccc(C(N)=O)n2)c(N)cc1F. The minimum absolute atomic E-state index is 0.0721. The van der Waals surface area contributed by atoms with Crippen molar-refractivity contribution < 1.29 is 13.9 Å². The van der Waals surface area contributed by atoms with Gasteiger partial charge in [-0.25, -0.2) is 9.07 Å². The molecule has 0 atom stereocenters. The van der Waals surface area contributed by atoms with E-state index in [1.807, 2.05) is 0 Å². The van der Waals surface area contributed by atoms with Gasteiger partial charge in [-0.2, -0.15) is 5.10 Å². The monoisotopic (exact) mass is 264 g/mol. The number of nitrogen functional groups attached to an aromatic ring is 1. The lowest BCUT2D eigenvalue weighted by atomic mass is 10.2. The highest BCUT2D eigenvalue weighted by Crippen LogP contribution is 2.26. The molecule has 2 rings (SSSR count). The fourth-order valence-corrected chi connectivity index (χ4v) is 1.61. The van der Waals surface area contributed by atoms with Gasteiger partial charge in [0.05, 0.1) is 18.0 Å². The summed E-state index contributed by atoms with van der Waals surface area (Å²) in [6.45, 7) is 2.07. The van der Waals surface area contributed by atoms with E-state index in [0.29, 0.717) is 12.3 Å². The molecule has 1 aromatic heterocycles. The van der Waals surface area contributed by atoms with E-state index in [1.54, 1.807) is 6.92 Å². The maximum Gasteiger partial charge on any atom is 0.269 e. The molecular formula is C12H13FN4O2. The Hall–Kier alpha value is -2.57. The normalized spacial score (nSPS) is 10.4. The number of primary amides is 1. The Kier molecular flexibility index (Phi) is 3.37. The molecule has 7 heteroatoms. The number of carbonyl (C=O) groups is 1. The molecule has 6 nitrogen and oxygen atoms in total. The standard InChI is InChI=1S/C12H13FN4O2/c1-2-19-11-6-10(8(14)5-7(11)13)17-4-3-9(16-17)12(15)18/h3-6H,2,14H2,1H3,(H2,15,18). The highest BCUT2D eigenvalue weighted by molar-refractivity contribution is 5.90. The first-order chi connectivity index (χ1) is 9.02. The van der Waals surface area contributed by atoms with Crippen LogP contribution in [0.5, 0.6) is 5.75 Å². The van der Waals surface area contributed by atoms with E-state index < -0.39 is 11.7 Å². The van der Waals surface area contributed by atoms with Gasteiger partial charge in [0, 0.05) is 18.3 Å². The zero-order valence-corrected chi connectivity index (χ0v) is 10.3. The number of anilines is 1. The number of rotatable bonds is 4. The molecule has 0 aliphatic carbocycles. The minimum Gasteiger partial charge on any atom is -0.491 e. The molecule has 0 aliphatic rings. The first-order valence-corrected chi connectivity index (χ1v) is 5.60. The van der Waals surface area contributed by atoms with E-state index >= 15 is 0 Å². The second-order valence-electron chi connectivity index (χ2n) is 3.78. The summed E-state index contributed by atoms with van der Waals surface area (Å²) in [5.74, 6) is -1.13. The second kappa shape index (κ2) is 4.97. The second-order valence-corrected chi connectivity index (χ2v) is 3.78. The average Bonchev–Trinajstić information content (AvgIpc) is 2.82. The molecule has 19 heavy (non-hydrogen) atoms.